The summed E-state index contributed by atoms with van der Waals surface area (Å²) >= 11 is 0. The molecule has 0 aromatic carbocycles. The van der Waals surface area contributed by atoms with Crippen LogP contribution in [0.4, 0.5) is 0 Å². The van der Waals surface area contributed by atoms with E-state index in [0.29, 0.717) is 19.1 Å². The number of carbonyl (C=O) groups is 1. The maximum atomic E-state index is 12.0. The van der Waals surface area contributed by atoms with Crippen LogP contribution in [-0.4, -0.2) is 37.5 Å². The van der Waals surface area contributed by atoms with Crippen molar-refractivity contribution in [2.24, 2.45) is 10.4 Å². The summed E-state index contributed by atoms with van der Waals surface area (Å²) in [5.41, 5.74) is -0.202. The van der Waals surface area contributed by atoms with Crippen molar-refractivity contribution < 1.29 is 4.79 Å². The lowest BCUT2D eigenvalue weighted by molar-refractivity contribution is -0.135. The van der Waals surface area contributed by atoms with Crippen LogP contribution in [0.1, 0.15) is 33.1 Å². The number of hydrogen-bond acceptors (Lipinski definition) is 4. The first-order valence-electron chi connectivity index (χ1n) is 6.49. The van der Waals surface area contributed by atoms with Crippen molar-refractivity contribution in [3.8, 4) is 0 Å². The quantitative estimate of drug-likeness (QED) is 0.657. The van der Waals surface area contributed by atoms with Gasteiger partial charge in [0.25, 0.3) is 0 Å². The molecule has 0 spiro atoms. The maximum Gasteiger partial charge on any atom is 0.227 e. The molecule has 1 amide bonds. The van der Waals surface area contributed by atoms with E-state index in [1.807, 2.05) is 6.92 Å². The van der Waals surface area contributed by atoms with Crippen molar-refractivity contribution in [1.29, 1.82) is 0 Å². The Morgan fingerprint density at radius 1 is 1.59 bits per heavy atom. The van der Waals surface area contributed by atoms with Gasteiger partial charge in [0.2, 0.25) is 5.91 Å². The van der Waals surface area contributed by atoms with E-state index in [1.165, 1.54) is 0 Å². The molecule has 2 aliphatic rings. The molecule has 1 aliphatic carbocycles. The highest BCUT2D eigenvalue weighted by Gasteiger charge is 2.43. The van der Waals surface area contributed by atoms with Crippen molar-refractivity contribution >= 4 is 11.9 Å². The van der Waals surface area contributed by atoms with Crippen molar-refractivity contribution in [1.82, 2.24) is 16.0 Å². The second-order valence-electron chi connectivity index (χ2n) is 5.08. The zero-order valence-electron chi connectivity index (χ0n) is 10.7. The third-order valence-electron chi connectivity index (χ3n) is 3.63. The van der Waals surface area contributed by atoms with E-state index in [-0.39, 0.29) is 11.3 Å². The fourth-order valence-corrected chi connectivity index (χ4v) is 2.35. The molecule has 1 heterocycles. The van der Waals surface area contributed by atoms with E-state index in [9.17, 15) is 4.79 Å². The van der Waals surface area contributed by atoms with E-state index in [2.05, 4.69) is 27.9 Å². The largest absolute Gasteiger partial charge is 0.356 e. The summed E-state index contributed by atoms with van der Waals surface area (Å²) < 4.78 is 0. The average Bonchev–Trinajstić information content (AvgIpc) is 2.63. The summed E-state index contributed by atoms with van der Waals surface area (Å²) in [6.07, 6.45) is 3.11. The Morgan fingerprint density at radius 3 is 2.82 bits per heavy atom. The highest BCUT2D eigenvalue weighted by molar-refractivity contribution is 5.86. The van der Waals surface area contributed by atoms with Gasteiger partial charge in [0.1, 0.15) is 0 Å². The zero-order chi connectivity index (χ0) is 12.3. The minimum Gasteiger partial charge on any atom is -0.356 e. The van der Waals surface area contributed by atoms with Gasteiger partial charge in [-0.1, -0.05) is 6.42 Å². The molecule has 0 radical (unpaired) electrons. The molecule has 1 unspecified atom stereocenters. The summed E-state index contributed by atoms with van der Waals surface area (Å²) in [4.78, 5) is 16.4. The Morgan fingerprint density at radius 2 is 2.35 bits per heavy atom. The number of rotatable bonds is 4. The van der Waals surface area contributed by atoms with Crippen LogP contribution in [0.5, 0.6) is 0 Å². The van der Waals surface area contributed by atoms with Crippen LogP contribution in [0, 0.1) is 5.41 Å². The first-order valence-corrected chi connectivity index (χ1v) is 6.49. The molecule has 0 aromatic heterocycles. The van der Waals surface area contributed by atoms with Crippen LogP contribution < -0.4 is 16.0 Å². The molecule has 0 aromatic rings. The summed E-state index contributed by atoms with van der Waals surface area (Å²) in [5.74, 6) is 1.03. The highest BCUT2D eigenvalue weighted by atomic mass is 16.2. The summed E-state index contributed by atoms with van der Waals surface area (Å²) in [5, 5.41) is 9.46. The fourth-order valence-electron chi connectivity index (χ4n) is 2.35. The standard InChI is InChI=1S/C12H22N4O/c1-3-13-10(17)12(5-4-6-12)8-15-11-14-7-9(2)16-11/h9H,3-8H2,1-2H3,(H,13,17)(H2,14,15,16). The van der Waals surface area contributed by atoms with Gasteiger partial charge in [0.15, 0.2) is 5.96 Å². The van der Waals surface area contributed by atoms with Gasteiger partial charge >= 0.3 is 0 Å². The van der Waals surface area contributed by atoms with Gasteiger partial charge in [0, 0.05) is 19.1 Å². The molecule has 3 N–H and O–H groups in total. The first kappa shape index (κ1) is 12.2. The third-order valence-corrected chi connectivity index (χ3v) is 3.63. The molecule has 0 bridgehead atoms. The highest BCUT2D eigenvalue weighted by Crippen LogP contribution is 2.40. The topological polar surface area (TPSA) is 65.5 Å². The molecular formula is C12H22N4O. The molecule has 0 saturated heterocycles. The molecule has 1 fully saturated rings. The van der Waals surface area contributed by atoms with Gasteiger partial charge in [-0.25, -0.2) is 0 Å². The van der Waals surface area contributed by atoms with Crippen LogP contribution >= 0.6 is 0 Å². The number of carbonyl (C=O) groups excluding carboxylic acids is 1. The van der Waals surface area contributed by atoms with Crippen molar-refractivity contribution in [2.45, 2.75) is 39.2 Å². The third kappa shape index (κ3) is 2.53. The van der Waals surface area contributed by atoms with E-state index < -0.39 is 0 Å². The van der Waals surface area contributed by atoms with E-state index >= 15 is 0 Å². The number of nitrogens with one attached hydrogen (secondary N) is 3. The molecule has 1 aliphatic heterocycles. The van der Waals surface area contributed by atoms with Crippen molar-refractivity contribution in [3.05, 3.63) is 0 Å². The molecular weight excluding hydrogens is 216 g/mol. The number of guanidine groups is 1. The minimum atomic E-state index is -0.202. The maximum absolute atomic E-state index is 12.0. The second-order valence-corrected chi connectivity index (χ2v) is 5.08. The Labute approximate surface area is 102 Å². The predicted molar refractivity (Wildman–Crippen MR) is 67.9 cm³/mol. The van der Waals surface area contributed by atoms with Crippen LogP contribution in [0.15, 0.2) is 4.99 Å². The molecule has 2 rings (SSSR count). The van der Waals surface area contributed by atoms with Crippen LogP contribution in [-0.2, 0) is 4.79 Å². The van der Waals surface area contributed by atoms with Crippen LogP contribution in [0.25, 0.3) is 0 Å². The number of hydrogen-bond donors (Lipinski definition) is 3. The normalized spacial score (nSPS) is 25.5. The Bertz CT molecular complexity index is 322. The molecule has 1 saturated carbocycles. The lowest BCUT2D eigenvalue weighted by atomic mass is 9.68. The molecule has 5 nitrogen and oxygen atoms in total. The van der Waals surface area contributed by atoms with Gasteiger partial charge in [-0.2, -0.15) is 0 Å². The Hall–Kier alpha value is -1.26. The van der Waals surface area contributed by atoms with Gasteiger partial charge in [0.05, 0.1) is 12.0 Å². The zero-order valence-corrected chi connectivity index (χ0v) is 10.7. The Balaban J connectivity index is 1.85. The van der Waals surface area contributed by atoms with Crippen LogP contribution in [0.3, 0.4) is 0 Å². The van der Waals surface area contributed by atoms with Gasteiger partial charge in [-0.3, -0.25) is 9.79 Å². The average molecular weight is 238 g/mol. The SMILES string of the molecule is CCNC(=O)C1(CNC2=NCC(C)N2)CCC1. The Kier molecular flexibility index (Phi) is 3.54. The fraction of sp³-hybridized carbons (Fsp3) is 0.833. The predicted octanol–water partition coefficient (Wildman–Crippen LogP) is 0.230. The summed E-state index contributed by atoms with van der Waals surface area (Å²) in [7, 11) is 0. The smallest absolute Gasteiger partial charge is 0.227 e. The molecule has 17 heavy (non-hydrogen) atoms. The van der Waals surface area contributed by atoms with Crippen molar-refractivity contribution in [3.63, 3.8) is 0 Å². The monoisotopic (exact) mass is 238 g/mol. The van der Waals surface area contributed by atoms with E-state index in [1.54, 1.807) is 0 Å². The number of aliphatic imine (C=N–C) groups is 1. The number of amides is 1. The van der Waals surface area contributed by atoms with Crippen molar-refractivity contribution in [2.75, 3.05) is 19.6 Å². The molecule has 96 valence electrons. The lowest BCUT2D eigenvalue weighted by Crippen LogP contribution is -2.53. The number of nitrogens with zero attached hydrogens (tertiary/aromatic N) is 1. The lowest BCUT2D eigenvalue weighted by Gasteiger charge is -2.40. The molecule has 5 heteroatoms. The molecule has 1 atom stereocenters. The minimum absolute atomic E-state index is 0.186. The van der Waals surface area contributed by atoms with E-state index in [4.69, 9.17) is 0 Å². The van der Waals surface area contributed by atoms with Gasteiger partial charge in [-0.15, -0.1) is 0 Å². The van der Waals surface area contributed by atoms with E-state index in [0.717, 1.165) is 31.8 Å². The first-order chi connectivity index (χ1) is 8.16. The second kappa shape index (κ2) is 4.94. The van der Waals surface area contributed by atoms with Gasteiger partial charge < -0.3 is 16.0 Å². The van der Waals surface area contributed by atoms with Crippen LogP contribution in [0.2, 0.25) is 0 Å². The summed E-state index contributed by atoms with van der Waals surface area (Å²) in [6, 6.07) is 0.402. The van der Waals surface area contributed by atoms with Gasteiger partial charge in [-0.05, 0) is 26.7 Å². The summed E-state index contributed by atoms with van der Waals surface area (Å²) in [6.45, 7) is 6.27.